The normalized spacial score (nSPS) is 21.4. The van der Waals surface area contributed by atoms with Crippen LogP contribution in [0.15, 0.2) is 33.5 Å². The molecule has 0 saturated heterocycles. The molecule has 110 valence electrons. The van der Waals surface area contributed by atoms with Crippen molar-refractivity contribution >= 4 is 23.2 Å². The zero-order valence-electron chi connectivity index (χ0n) is 11.9. The molecule has 0 fully saturated rings. The maximum absolute atomic E-state index is 11.8. The largest absolute Gasteiger partial charge is 0.354 e. The van der Waals surface area contributed by atoms with Gasteiger partial charge in [0.15, 0.2) is 0 Å². The van der Waals surface area contributed by atoms with E-state index in [1.54, 1.807) is 7.05 Å². The Morgan fingerprint density at radius 3 is 3.00 bits per heavy atom. The van der Waals surface area contributed by atoms with E-state index in [0.717, 1.165) is 48.1 Å². The van der Waals surface area contributed by atoms with Gasteiger partial charge in [-0.2, -0.15) is 5.11 Å². The van der Waals surface area contributed by atoms with Crippen LogP contribution in [0.3, 0.4) is 0 Å². The molecule has 1 unspecified atom stereocenters. The second-order valence-corrected chi connectivity index (χ2v) is 6.46. The first-order valence-corrected chi connectivity index (χ1v) is 7.98. The summed E-state index contributed by atoms with van der Waals surface area (Å²) in [4.78, 5) is 25.2. The third-order valence-corrected chi connectivity index (χ3v) is 5.07. The zero-order valence-corrected chi connectivity index (χ0v) is 12.7. The van der Waals surface area contributed by atoms with Gasteiger partial charge in [0.1, 0.15) is 0 Å². The molecular weight excluding hydrogens is 286 g/mol. The molecule has 0 spiro atoms. The van der Waals surface area contributed by atoms with E-state index < -0.39 is 0 Å². The van der Waals surface area contributed by atoms with E-state index in [1.165, 1.54) is 11.3 Å². The highest BCUT2D eigenvalue weighted by atomic mass is 32.1. The molecule has 1 aliphatic heterocycles. The second-order valence-electron chi connectivity index (χ2n) is 5.30. The van der Waals surface area contributed by atoms with E-state index in [-0.39, 0.29) is 17.9 Å². The highest BCUT2D eigenvalue weighted by molar-refractivity contribution is 7.14. The number of thiophene rings is 1. The summed E-state index contributed by atoms with van der Waals surface area (Å²) in [6.07, 6.45) is 4.67. The summed E-state index contributed by atoms with van der Waals surface area (Å²) in [5.41, 5.74) is 2.04. The summed E-state index contributed by atoms with van der Waals surface area (Å²) < 4.78 is 0. The van der Waals surface area contributed by atoms with Crippen LogP contribution in [0.1, 0.15) is 40.2 Å². The van der Waals surface area contributed by atoms with Crippen LogP contribution in [-0.4, -0.2) is 24.9 Å². The van der Waals surface area contributed by atoms with Gasteiger partial charge in [-0.25, -0.2) is 0 Å². The number of hydrogen-bond donors (Lipinski definition) is 1. The lowest BCUT2D eigenvalue weighted by Gasteiger charge is -2.25. The van der Waals surface area contributed by atoms with Gasteiger partial charge in [0.25, 0.3) is 11.8 Å². The minimum absolute atomic E-state index is 0.0332. The van der Waals surface area contributed by atoms with Crippen LogP contribution in [0.25, 0.3) is 0 Å². The minimum atomic E-state index is -0.154. The molecule has 0 bridgehead atoms. The number of nitrogens with one attached hydrogen (secondary N) is 1. The molecule has 1 N–H and O–H groups in total. The summed E-state index contributed by atoms with van der Waals surface area (Å²) in [5.74, 6) is -0.220. The Morgan fingerprint density at radius 1 is 1.38 bits per heavy atom. The smallest absolute Gasteiger partial charge is 0.291 e. The van der Waals surface area contributed by atoms with Crippen LogP contribution >= 0.6 is 11.3 Å². The van der Waals surface area contributed by atoms with E-state index in [9.17, 15) is 9.59 Å². The van der Waals surface area contributed by atoms with Crippen molar-refractivity contribution in [2.24, 2.45) is 10.2 Å². The first-order valence-electron chi connectivity index (χ1n) is 7.17. The van der Waals surface area contributed by atoms with Gasteiger partial charge in [-0.1, -0.05) is 0 Å². The molecule has 0 saturated carbocycles. The number of hydrogen-bond acceptors (Lipinski definition) is 4. The van der Waals surface area contributed by atoms with Crippen molar-refractivity contribution < 1.29 is 9.59 Å². The molecule has 1 aromatic heterocycles. The molecule has 2 heterocycles. The lowest BCUT2D eigenvalue weighted by Crippen LogP contribution is -2.22. The highest BCUT2D eigenvalue weighted by Gasteiger charge is 2.29. The Hall–Kier alpha value is -1.82. The number of carbonyl (C=O) groups is 2. The van der Waals surface area contributed by atoms with Crippen LogP contribution in [0.4, 0.5) is 0 Å². The predicted molar refractivity (Wildman–Crippen MR) is 80.6 cm³/mol. The summed E-state index contributed by atoms with van der Waals surface area (Å²) in [7, 11) is 1.63. The van der Waals surface area contributed by atoms with Crippen molar-refractivity contribution in [1.29, 1.82) is 0 Å². The SMILES string of the molecule is CNC(=O)c1ccc(CC2N=NC(=O)C3=C2CCCC3)s1. The first kappa shape index (κ1) is 14.1. The fraction of sp³-hybridized carbons (Fsp3) is 0.467. The van der Waals surface area contributed by atoms with E-state index >= 15 is 0 Å². The Labute approximate surface area is 127 Å². The van der Waals surface area contributed by atoms with Gasteiger partial charge in [-0.05, 0) is 43.4 Å². The lowest BCUT2D eigenvalue weighted by molar-refractivity contribution is -0.115. The molecule has 6 heteroatoms. The fourth-order valence-corrected chi connectivity index (χ4v) is 3.87. The molecule has 1 atom stereocenters. The molecule has 2 aliphatic rings. The molecule has 1 aliphatic carbocycles. The van der Waals surface area contributed by atoms with Crippen molar-refractivity contribution in [3.05, 3.63) is 33.0 Å². The van der Waals surface area contributed by atoms with Crippen LogP contribution in [0, 0.1) is 0 Å². The van der Waals surface area contributed by atoms with E-state index in [1.807, 2.05) is 12.1 Å². The monoisotopic (exact) mass is 303 g/mol. The van der Waals surface area contributed by atoms with Crippen molar-refractivity contribution in [2.45, 2.75) is 38.1 Å². The average Bonchev–Trinajstić information content (AvgIpc) is 2.98. The molecule has 1 aromatic rings. The molecular formula is C15H17N3O2S. The standard InChI is InChI=1S/C15H17N3O2S/c1-16-15(20)13-7-6-9(21-13)8-12-10-4-2-3-5-11(10)14(19)18-17-12/h6-7,12H,2-5,8H2,1H3,(H,16,20). The second kappa shape index (κ2) is 5.89. The van der Waals surface area contributed by atoms with Gasteiger partial charge in [0.05, 0.1) is 10.9 Å². The van der Waals surface area contributed by atoms with Gasteiger partial charge >= 0.3 is 0 Å². The zero-order chi connectivity index (χ0) is 14.8. The molecule has 0 aromatic carbocycles. The van der Waals surface area contributed by atoms with Gasteiger partial charge < -0.3 is 5.32 Å². The number of carbonyl (C=O) groups excluding carboxylic acids is 2. The van der Waals surface area contributed by atoms with Gasteiger partial charge in [-0.15, -0.1) is 16.5 Å². The van der Waals surface area contributed by atoms with Gasteiger partial charge in [0, 0.05) is 23.9 Å². The van der Waals surface area contributed by atoms with Crippen LogP contribution in [0.5, 0.6) is 0 Å². The summed E-state index contributed by atoms with van der Waals surface area (Å²) >= 11 is 1.48. The molecule has 2 amide bonds. The van der Waals surface area contributed by atoms with Crippen LogP contribution < -0.4 is 5.32 Å². The Balaban J connectivity index is 1.79. The number of rotatable bonds is 3. The third kappa shape index (κ3) is 2.81. The quantitative estimate of drug-likeness (QED) is 0.932. The van der Waals surface area contributed by atoms with Crippen molar-refractivity contribution in [3.8, 4) is 0 Å². The van der Waals surface area contributed by atoms with Crippen LogP contribution in [-0.2, 0) is 11.2 Å². The molecule has 0 radical (unpaired) electrons. The Kier molecular flexibility index (Phi) is 3.96. The average molecular weight is 303 g/mol. The summed E-state index contributed by atoms with van der Waals surface area (Å²) in [5, 5.41) is 10.6. The highest BCUT2D eigenvalue weighted by Crippen LogP contribution is 2.34. The van der Waals surface area contributed by atoms with Crippen molar-refractivity contribution in [3.63, 3.8) is 0 Å². The third-order valence-electron chi connectivity index (χ3n) is 3.97. The number of amides is 2. The van der Waals surface area contributed by atoms with Gasteiger partial charge in [0.2, 0.25) is 0 Å². The van der Waals surface area contributed by atoms with E-state index in [2.05, 4.69) is 15.5 Å². The summed E-state index contributed by atoms with van der Waals surface area (Å²) in [6.45, 7) is 0. The number of azo groups is 1. The maximum atomic E-state index is 11.8. The molecule has 5 nitrogen and oxygen atoms in total. The topological polar surface area (TPSA) is 70.9 Å². The fourth-order valence-electron chi connectivity index (χ4n) is 2.88. The summed E-state index contributed by atoms with van der Waals surface area (Å²) in [6, 6.07) is 3.76. The Morgan fingerprint density at radius 2 is 2.19 bits per heavy atom. The van der Waals surface area contributed by atoms with E-state index in [0.29, 0.717) is 4.88 Å². The van der Waals surface area contributed by atoms with Crippen molar-refractivity contribution in [1.82, 2.24) is 5.32 Å². The predicted octanol–water partition coefficient (Wildman–Crippen LogP) is 2.88. The molecule has 21 heavy (non-hydrogen) atoms. The number of nitrogens with zero attached hydrogens (tertiary/aromatic N) is 2. The lowest BCUT2D eigenvalue weighted by atomic mass is 9.85. The van der Waals surface area contributed by atoms with E-state index in [4.69, 9.17) is 0 Å². The van der Waals surface area contributed by atoms with Crippen molar-refractivity contribution in [2.75, 3.05) is 7.05 Å². The maximum Gasteiger partial charge on any atom is 0.291 e. The Bertz CT molecular complexity index is 645. The van der Waals surface area contributed by atoms with Gasteiger partial charge in [-0.3, -0.25) is 9.59 Å². The molecule has 3 rings (SSSR count). The minimum Gasteiger partial charge on any atom is -0.354 e. The first-order chi connectivity index (χ1) is 10.2. The van der Waals surface area contributed by atoms with Crippen LogP contribution in [0.2, 0.25) is 0 Å².